The number of rotatable bonds is 3. The number of nitrogens with zero attached hydrogens (tertiary/aromatic N) is 1. The Hall–Kier alpha value is -2.06. The SMILES string of the molecule is Cc1noc(C)c1S(=O)(=O)NC1CCCc2cc3c(cc21)OCCO3. The minimum Gasteiger partial charge on any atom is -0.486 e. The molecular weight excluding hydrogens is 344 g/mol. The first kappa shape index (κ1) is 16.4. The van der Waals surface area contributed by atoms with Crippen molar-refractivity contribution in [3.63, 3.8) is 0 Å². The van der Waals surface area contributed by atoms with E-state index in [-0.39, 0.29) is 10.9 Å². The summed E-state index contributed by atoms with van der Waals surface area (Å²) in [5.41, 5.74) is 2.41. The molecule has 1 aromatic heterocycles. The van der Waals surface area contributed by atoms with Gasteiger partial charge in [-0.25, -0.2) is 13.1 Å². The standard InChI is InChI=1S/C17H20N2O5S/c1-10-17(11(2)24-18-10)25(20,21)19-14-5-3-4-12-8-15-16(9-13(12)14)23-7-6-22-15/h8-9,14,19H,3-7H2,1-2H3. The maximum Gasteiger partial charge on any atom is 0.246 e. The lowest BCUT2D eigenvalue weighted by Gasteiger charge is -2.29. The molecule has 1 N–H and O–H groups in total. The lowest BCUT2D eigenvalue weighted by atomic mass is 9.88. The zero-order valence-corrected chi connectivity index (χ0v) is 15.0. The first-order valence-corrected chi connectivity index (χ1v) is 9.81. The van der Waals surface area contributed by atoms with E-state index in [1.807, 2.05) is 12.1 Å². The molecule has 134 valence electrons. The summed E-state index contributed by atoms with van der Waals surface area (Å²) in [4.78, 5) is 0.122. The molecule has 1 unspecified atom stereocenters. The van der Waals surface area contributed by atoms with Crippen molar-refractivity contribution < 1.29 is 22.4 Å². The highest BCUT2D eigenvalue weighted by atomic mass is 32.2. The fraction of sp³-hybridized carbons (Fsp3) is 0.471. The van der Waals surface area contributed by atoms with Crippen LogP contribution in [-0.2, 0) is 16.4 Å². The molecule has 0 spiro atoms. The van der Waals surface area contributed by atoms with Gasteiger partial charge in [0.15, 0.2) is 17.3 Å². The Labute approximate surface area is 146 Å². The van der Waals surface area contributed by atoms with Crippen molar-refractivity contribution >= 4 is 10.0 Å². The van der Waals surface area contributed by atoms with E-state index in [2.05, 4.69) is 9.88 Å². The number of sulfonamides is 1. The maximum absolute atomic E-state index is 12.8. The van der Waals surface area contributed by atoms with E-state index in [1.165, 1.54) is 0 Å². The molecule has 0 bridgehead atoms. The number of nitrogens with one attached hydrogen (secondary N) is 1. The van der Waals surface area contributed by atoms with Crippen molar-refractivity contribution in [2.24, 2.45) is 0 Å². The van der Waals surface area contributed by atoms with E-state index in [4.69, 9.17) is 14.0 Å². The fourth-order valence-electron chi connectivity index (χ4n) is 3.57. The van der Waals surface area contributed by atoms with Crippen molar-refractivity contribution in [3.8, 4) is 11.5 Å². The topological polar surface area (TPSA) is 90.7 Å². The van der Waals surface area contributed by atoms with Gasteiger partial charge in [-0.2, -0.15) is 0 Å². The molecule has 4 rings (SSSR count). The van der Waals surface area contributed by atoms with Crippen LogP contribution in [0, 0.1) is 13.8 Å². The van der Waals surface area contributed by atoms with Gasteiger partial charge in [0.2, 0.25) is 10.0 Å². The molecule has 1 aromatic carbocycles. The van der Waals surface area contributed by atoms with Crippen molar-refractivity contribution in [2.45, 2.75) is 44.0 Å². The second-order valence-electron chi connectivity index (χ2n) is 6.41. The van der Waals surface area contributed by atoms with Crippen LogP contribution in [0.4, 0.5) is 0 Å². The third-order valence-corrected chi connectivity index (χ3v) is 6.37. The lowest BCUT2D eigenvalue weighted by molar-refractivity contribution is 0.171. The Morgan fingerprint density at radius 3 is 2.56 bits per heavy atom. The molecule has 1 aliphatic heterocycles. The molecule has 0 saturated heterocycles. The molecule has 2 aromatic rings. The second kappa shape index (κ2) is 6.03. The summed E-state index contributed by atoms with van der Waals surface area (Å²) in [6, 6.07) is 3.57. The molecule has 25 heavy (non-hydrogen) atoms. The first-order valence-electron chi connectivity index (χ1n) is 8.33. The van der Waals surface area contributed by atoms with Gasteiger partial charge in [-0.3, -0.25) is 0 Å². The minimum atomic E-state index is -3.72. The summed E-state index contributed by atoms with van der Waals surface area (Å²) in [7, 11) is -3.72. The van der Waals surface area contributed by atoms with Crippen molar-refractivity contribution in [2.75, 3.05) is 13.2 Å². The highest BCUT2D eigenvalue weighted by Crippen LogP contribution is 2.40. The van der Waals surface area contributed by atoms with E-state index < -0.39 is 10.0 Å². The smallest absolute Gasteiger partial charge is 0.246 e. The van der Waals surface area contributed by atoms with Crippen LogP contribution in [0.5, 0.6) is 11.5 Å². The van der Waals surface area contributed by atoms with Crippen LogP contribution in [-0.4, -0.2) is 26.8 Å². The Bertz CT molecular complexity index is 900. The average molecular weight is 364 g/mol. The molecule has 7 nitrogen and oxygen atoms in total. The summed E-state index contributed by atoms with van der Waals surface area (Å²) in [6.45, 7) is 4.27. The predicted molar refractivity (Wildman–Crippen MR) is 89.4 cm³/mol. The molecule has 2 aliphatic rings. The average Bonchev–Trinajstić information content (AvgIpc) is 2.92. The van der Waals surface area contributed by atoms with Crippen LogP contribution in [0.1, 0.15) is 41.5 Å². The number of ether oxygens (including phenoxy) is 2. The molecule has 8 heteroatoms. The summed E-state index contributed by atoms with van der Waals surface area (Å²) < 4.78 is 44.8. The molecule has 2 heterocycles. The van der Waals surface area contributed by atoms with E-state index in [0.717, 1.165) is 36.1 Å². The normalized spacial score (nSPS) is 19.5. The monoisotopic (exact) mass is 364 g/mol. The Kier molecular flexibility index (Phi) is 3.96. The number of benzene rings is 1. The van der Waals surface area contributed by atoms with Gasteiger partial charge < -0.3 is 14.0 Å². The molecular formula is C17H20N2O5S. The molecule has 1 atom stereocenters. The van der Waals surface area contributed by atoms with Gasteiger partial charge in [-0.1, -0.05) is 5.16 Å². The lowest BCUT2D eigenvalue weighted by Crippen LogP contribution is -2.32. The van der Waals surface area contributed by atoms with Gasteiger partial charge in [0, 0.05) is 6.04 Å². The van der Waals surface area contributed by atoms with Crippen LogP contribution in [0.3, 0.4) is 0 Å². The van der Waals surface area contributed by atoms with Crippen LogP contribution in [0.2, 0.25) is 0 Å². The van der Waals surface area contributed by atoms with Gasteiger partial charge in [0.1, 0.15) is 23.8 Å². The highest BCUT2D eigenvalue weighted by molar-refractivity contribution is 7.89. The summed E-state index contributed by atoms with van der Waals surface area (Å²) in [5, 5.41) is 3.75. The molecule has 0 fully saturated rings. The zero-order valence-electron chi connectivity index (χ0n) is 14.2. The van der Waals surface area contributed by atoms with Gasteiger partial charge in [-0.15, -0.1) is 0 Å². The maximum atomic E-state index is 12.8. The third kappa shape index (κ3) is 2.89. The van der Waals surface area contributed by atoms with Gasteiger partial charge >= 0.3 is 0 Å². The fourth-order valence-corrected chi connectivity index (χ4v) is 5.15. The Morgan fingerprint density at radius 2 is 1.88 bits per heavy atom. The molecule has 0 radical (unpaired) electrons. The number of hydrogen-bond acceptors (Lipinski definition) is 6. The van der Waals surface area contributed by atoms with E-state index in [1.54, 1.807) is 13.8 Å². The Morgan fingerprint density at radius 1 is 1.16 bits per heavy atom. The van der Waals surface area contributed by atoms with Gasteiger partial charge in [-0.05, 0) is 56.4 Å². The number of aryl methyl sites for hydroxylation is 3. The van der Waals surface area contributed by atoms with E-state index >= 15 is 0 Å². The summed E-state index contributed by atoms with van der Waals surface area (Å²) >= 11 is 0. The number of fused-ring (bicyclic) bond motifs is 2. The predicted octanol–water partition coefficient (Wildman–Crippen LogP) is 2.42. The third-order valence-electron chi connectivity index (χ3n) is 4.65. The largest absolute Gasteiger partial charge is 0.486 e. The number of aromatic nitrogens is 1. The van der Waals surface area contributed by atoms with Crippen LogP contribution < -0.4 is 14.2 Å². The zero-order chi connectivity index (χ0) is 17.6. The van der Waals surface area contributed by atoms with E-state index in [0.29, 0.717) is 30.4 Å². The van der Waals surface area contributed by atoms with Crippen molar-refractivity contribution in [1.29, 1.82) is 0 Å². The summed E-state index contributed by atoms with van der Waals surface area (Å²) in [6.07, 6.45) is 2.53. The highest BCUT2D eigenvalue weighted by Gasteiger charge is 2.31. The van der Waals surface area contributed by atoms with Crippen molar-refractivity contribution in [1.82, 2.24) is 9.88 Å². The minimum absolute atomic E-state index is 0.122. The van der Waals surface area contributed by atoms with Crippen molar-refractivity contribution in [3.05, 3.63) is 34.7 Å². The van der Waals surface area contributed by atoms with Crippen LogP contribution in [0.15, 0.2) is 21.6 Å². The second-order valence-corrected chi connectivity index (χ2v) is 8.06. The molecule has 0 amide bonds. The Balaban J connectivity index is 1.69. The van der Waals surface area contributed by atoms with E-state index in [9.17, 15) is 8.42 Å². The van der Waals surface area contributed by atoms with Crippen LogP contribution in [0.25, 0.3) is 0 Å². The summed E-state index contributed by atoms with van der Waals surface area (Å²) in [5.74, 6) is 1.70. The molecule has 0 saturated carbocycles. The van der Waals surface area contributed by atoms with Crippen LogP contribution >= 0.6 is 0 Å². The van der Waals surface area contributed by atoms with Gasteiger partial charge in [0.05, 0.1) is 0 Å². The van der Waals surface area contributed by atoms with Gasteiger partial charge in [0.25, 0.3) is 0 Å². The molecule has 1 aliphatic carbocycles. The first-order chi connectivity index (χ1) is 12.0. The number of hydrogen-bond donors (Lipinski definition) is 1. The quantitative estimate of drug-likeness (QED) is 0.899.